The van der Waals surface area contributed by atoms with Gasteiger partial charge in [0.25, 0.3) is 5.91 Å². The molecule has 0 saturated carbocycles. The van der Waals surface area contributed by atoms with Crippen molar-refractivity contribution in [2.24, 2.45) is 10.2 Å². The van der Waals surface area contributed by atoms with E-state index >= 15 is 0 Å². The highest BCUT2D eigenvalue weighted by Gasteiger charge is 2.38. The highest BCUT2D eigenvalue weighted by Crippen LogP contribution is 2.43. The number of phenols is 1. The van der Waals surface area contributed by atoms with Crippen LogP contribution in [0.5, 0.6) is 5.75 Å². The number of aromatic nitrogens is 2. The Morgan fingerprint density at radius 2 is 1.73 bits per heavy atom. The standard InChI is InChI=1S/C21H20N6O3/c1-12-9-10-14(11-13(12)2)22-23-17-18-24-27(19(17)26(4)21(30)25(18)3)20(29)15-7-5-6-8-16(15)28/h5-11,28H,1-4H3. The van der Waals surface area contributed by atoms with E-state index in [1.54, 1.807) is 19.2 Å². The summed E-state index contributed by atoms with van der Waals surface area (Å²) in [6, 6.07) is 11.5. The van der Waals surface area contributed by atoms with Gasteiger partial charge in [0.1, 0.15) is 5.75 Å². The number of hydrogen-bond acceptors (Lipinski definition) is 6. The SMILES string of the molecule is Cc1ccc(N=Nc2c3nn(C(=O)c4ccccc4O)c2N(C)C(=O)N3C)cc1C. The van der Waals surface area contributed by atoms with Crippen molar-refractivity contribution in [3.8, 4) is 5.75 Å². The minimum absolute atomic E-state index is 0.0656. The van der Waals surface area contributed by atoms with Gasteiger partial charge < -0.3 is 5.11 Å². The molecule has 1 aliphatic rings. The molecule has 30 heavy (non-hydrogen) atoms. The molecule has 0 aliphatic carbocycles. The third kappa shape index (κ3) is 3.00. The van der Waals surface area contributed by atoms with Crippen molar-refractivity contribution in [3.05, 3.63) is 59.2 Å². The van der Waals surface area contributed by atoms with E-state index in [2.05, 4.69) is 15.3 Å². The predicted octanol–water partition coefficient (Wildman–Crippen LogP) is 4.32. The molecule has 0 spiro atoms. The van der Waals surface area contributed by atoms with Crippen molar-refractivity contribution < 1.29 is 14.7 Å². The van der Waals surface area contributed by atoms with Crippen molar-refractivity contribution in [1.82, 2.24) is 9.78 Å². The van der Waals surface area contributed by atoms with Crippen molar-refractivity contribution in [1.29, 1.82) is 0 Å². The van der Waals surface area contributed by atoms with E-state index in [1.807, 2.05) is 32.0 Å². The summed E-state index contributed by atoms with van der Waals surface area (Å²) < 4.78 is 1.07. The minimum Gasteiger partial charge on any atom is -0.507 e. The number of anilines is 2. The second kappa shape index (κ2) is 7.11. The van der Waals surface area contributed by atoms with Crippen LogP contribution in [0.4, 0.5) is 27.8 Å². The first-order valence-corrected chi connectivity index (χ1v) is 9.25. The zero-order valence-corrected chi connectivity index (χ0v) is 17.0. The maximum Gasteiger partial charge on any atom is 0.330 e. The lowest BCUT2D eigenvalue weighted by Crippen LogP contribution is -2.41. The number of aromatic hydroxyl groups is 1. The fourth-order valence-electron chi connectivity index (χ4n) is 3.22. The molecule has 1 aliphatic heterocycles. The zero-order valence-electron chi connectivity index (χ0n) is 17.0. The summed E-state index contributed by atoms with van der Waals surface area (Å²) in [5.74, 6) is -0.351. The van der Waals surface area contributed by atoms with E-state index in [0.717, 1.165) is 15.8 Å². The fraction of sp³-hybridized carbons (Fsp3) is 0.190. The number of carbonyl (C=O) groups excluding carboxylic acids is 2. The molecule has 0 atom stereocenters. The number of rotatable bonds is 3. The molecule has 0 fully saturated rings. The first kappa shape index (κ1) is 19.3. The number of azo groups is 1. The normalized spacial score (nSPS) is 13.4. The number of aryl methyl sites for hydroxylation is 2. The Labute approximate surface area is 172 Å². The second-order valence-electron chi connectivity index (χ2n) is 7.10. The highest BCUT2D eigenvalue weighted by atomic mass is 16.3. The van der Waals surface area contributed by atoms with Gasteiger partial charge in [0.2, 0.25) is 0 Å². The van der Waals surface area contributed by atoms with Crippen molar-refractivity contribution in [3.63, 3.8) is 0 Å². The van der Waals surface area contributed by atoms with Crippen LogP contribution in [0.25, 0.3) is 0 Å². The summed E-state index contributed by atoms with van der Waals surface area (Å²) >= 11 is 0. The summed E-state index contributed by atoms with van der Waals surface area (Å²) in [4.78, 5) is 28.2. The molecule has 2 aromatic carbocycles. The van der Waals surface area contributed by atoms with Crippen LogP contribution in [0.1, 0.15) is 21.5 Å². The number of carbonyl (C=O) groups is 2. The van der Waals surface area contributed by atoms with Crippen LogP contribution >= 0.6 is 0 Å². The second-order valence-corrected chi connectivity index (χ2v) is 7.10. The van der Waals surface area contributed by atoms with Gasteiger partial charge in [-0.2, -0.15) is 9.80 Å². The molecule has 4 rings (SSSR count). The molecule has 3 aromatic rings. The molecule has 1 aromatic heterocycles. The van der Waals surface area contributed by atoms with Gasteiger partial charge in [-0.15, -0.1) is 10.2 Å². The summed E-state index contributed by atoms with van der Waals surface area (Å²) in [5, 5.41) is 23.0. The number of hydrogen-bond donors (Lipinski definition) is 1. The van der Waals surface area contributed by atoms with Crippen molar-refractivity contribution in [2.45, 2.75) is 13.8 Å². The number of urea groups is 1. The lowest BCUT2D eigenvalue weighted by molar-refractivity contribution is 0.0945. The molecule has 0 saturated heterocycles. The van der Waals surface area contributed by atoms with E-state index in [4.69, 9.17) is 0 Å². The summed E-state index contributed by atoms with van der Waals surface area (Å²) in [7, 11) is 3.08. The molecule has 1 N–H and O–H groups in total. The summed E-state index contributed by atoms with van der Waals surface area (Å²) in [6.45, 7) is 3.99. The molecular formula is C21H20N6O3. The maximum absolute atomic E-state index is 13.1. The van der Waals surface area contributed by atoms with Gasteiger partial charge in [-0.05, 0) is 49.2 Å². The Kier molecular flexibility index (Phi) is 4.57. The van der Waals surface area contributed by atoms with Gasteiger partial charge in [-0.3, -0.25) is 14.6 Å². The first-order valence-electron chi connectivity index (χ1n) is 9.25. The van der Waals surface area contributed by atoms with E-state index < -0.39 is 5.91 Å². The number of fused-ring (bicyclic) bond motifs is 2. The van der Waals surface area contributed by atoms with Crippen LogP contribution in [-0.2, 0) is 0 Å². The minimum atomic E-state index is -0.577. The largest absolute Gasteiger partial charge is 0.507 e. The number of amides is 2. The average Bonchev–Trinajstić information content (AvgIpc) is 3.07. The van der Waals surface area contributed by atoms with Gasteiger partial charge in [-0.25, -0.2) is 4.79 Å². The molecule has 152 valence electrons. The molecule has 0 unspecified atom stereocenters. The smallest absolute Gasteiger partial charge is 0.330 e. The Balaban J connectivity index is 1.83. The van der Waals surface area contributed by atoms with E-state index in [0.29, 0.717) is 11.4 Å². The maximum atomic E-state index is 13.1. The molecule has 9 nitrogen and oxygen atoms in total. The van der Waals surface area contributed by atoms with Gasteiger partial charge in [0.15, 0.2) is 17.3 Å². The Hall–Kier alpha value is -4.01. The first-order chi connectivity index (χ1) is 14.3. The van der Waals surface area contributed by atoms with Crippen LogP contribution < -0.4 is 9.80 Å². The number of phenolic OH excluding ortho intramolecular Hbond substituents is 1. The van der Waals surface area contributed by atoms with Crippen LogP contribution in [-0.4, -0.2) is 40.9 Å². The van der Waals surface area contributed by atoms with Crippen molar-refractivity contribution >= 4 is 34.9 Å². The van der Waals surface area contributed by atoms with Gasteiger partial charge in [0.05, 0.1) is 11.3 Å². The van der Waals surface area contributed by atoms with E-state index in [9.17, 15) is 14.7 Å². The Morgan fingerprint density at radius 3 is 2.43 bits per heavy atom. The van der Waals surface area contributed by atoms with Crippen LogP contribution in [0, 0.1) is 13.8 Å². The van der Waals surface area contributed by atoms with Gasteiger partial charge in [0, 0.05) is 14.1 Å². The fourth-order valence-corrected chi connectivity index (χ4v) is 3.22. The summed E-state index contributed by atoms with van der Waals surface area (Å²) in [5.41, 5.74) is 3.22. The number of benzene rings is 2. The lowest BCUT2D eigenvalue weighted by Gasteiger charge is -2.26. The molecule has 9 heteroatoms. The molecular weight excluding hydrogens is 384 g/mol. The van der Waals surface area contributed by atoms with Crippen LogP contribution in [0.3, 0.4) is 0 Å². The molecule has 0 radical (unpaired) electrons. The number of nitrogens with zero attached hydrogens (tertiary/aromatic N) is 6. The quantitative estimate of drug-likeness (QED) is 0.657. The molecule has 2 heterocycles. The Bertz CT molecular complexity index is 1210. The third-order valence-corrected chi connectivity index (χ3v) is 5.11. The van der Waals surface area contributed by atoms with Gasteiger partial charge >= 0.3 is 6.03 Å². The topological polar surface area (TPSA) is 103 Å². The predicted molar refractivity (Wildman–Crippen MR) is 112 cm³/mol. The van der Waals surface area contributed by atoms with Crippen LogP contribution in [0.2, 0.25) is 0 Å². The Morgan fingerprint density at radius 1 is 1.00 bits per heavy atom. The average molecular weight is 404 g/mol. The molecule has 2 bridgehead atoms. The van der Waals surface area contributed by atoms with Crippen molar-refractivity contribution in [2.75, 3.05) is 23.9 Å². The summed E-state index contributed by atoms with van der Waals surface area (Å²) in [6.07, 6.45) is 0. The monoisotopic (exact) mass is 404 g/mol. The van der Waals surface area contributed by atoms with E-state index in [-0.39, 0.29) is 29.0 Å². The number of para-hydroxylation sites is 1. The van der Waals surface area contributed by atoms with Crippen LogP contribution in [0.15, 0.2) is 52.7 Å². The molecule has 2 amide bonds. The lowest BCUT2D eigenvalue weighted by atomic mass is 10.1. The van der Waals surface area contributed by atoms with Gasteiger partial charge in [-0.1, -0.05) is 18.2 Å². The third-order valence-electron chi connectivity index (χ3n) is 5.11. The zero-order chi connectivity index (χ0) is 21.6. The highest BCUT2D eigenvalue weighted by molar-refractivity contribution is 6.13. The van der Waals surface area contributed by atoms with E-state index in [1.165, 1.54) is 29.0 Å².